The Kier molecular flexibility index (Phi) is 2.03. The van der Waals surface area contributed by atoms with Crippen LogP contribution >= 0.6 is 27.7 Å². The molecule has 0 spiro atoms. The van der Waals surface area contributed by atoms with Crippen molar-refractivity contribution in [3.05, 3.63) is 34.3 Å². The first-order valence-corrected chi connectivity index (χ1v) is 6.33. The van der Waals surface area contributed by atoms with Crippen molar-refractivity contribution in [2.75, 3.05) is 5.75 Å². The molecule has 2 aromatic rings. The molecule has 14 heavy (non-hydrogen) atoms. The summed E-state index contributed by atoms with van der Waals surface area (Å²) < 4.78 is 1.12. The first kappa shape index (κ1) is 8.74. The van der Waals surface area contributed by atoms with E-state index in [0.717, 1.165) is 16.4 Å². The first-order valence-electron chi connectivity index (χ1n) is 4.55. The molecule has 70 valence electrons. The van der Waals surface area contributed by atoms with Gasteiger partial charge in [-0.05, 0) is 36.2 Å². The summed E-state index contributed by atoms with van der Waals surface area (Å²) in [6.07, 6.45) is 1.16. The van der Waals surface area contributed by atoms with E-state index in [1.54, 1.807) is 0 Å². The smallest absolute Gasteiger partial charge is 0.1000 e. The van der Waals surface area contributed by atoms with Crippen molar-refractivity contribution in [3.8, 4) is 0 Å². The molecular weight excluding hydrogens is 258 g/mol. The summed E-state index contributed by atoms with van der Waals surface area (Å²) in [5.74, 6) is 1.18. The van der Waals surface area contributed by atoms with Crippen molar-refractivity contribution in [2.45, 2.75) is 11.4 Å². The van der Waals surface area contributed by atoms with Crippen LogP contribution in [0.3, 0.4) is 0 Å². The molecule has 0 radical (unpaired) electrons. The van der Waals surface area contributed by atoms with Gasteiger partial charge in [-0.25, -0.2) is 4.98 Å². The summed E-state index contributed by atoms with van der Waals surface area (Å²) in [6, 6.07) is 8.51. The number of hydrogen-bond acceptors (Lipinski definition) is 2. The Balaban J connectivity index is 2.33. The molecule has 1 aromatic carbocycles. The van der Waals surface area contributed by atoms with Crippen molar-refractivity contribution in [1.82, 2.24) is 4.98 Å². The topological polar surface area (TPSA) is 12.9 Å². The minimum atomic E-state index is 1.10. The number of rotatable bonds is 0. The normalized spacial score (nSPS) is 14.6. The number of aromatic nitrogens is 1. The Hall–Kier alpha value is -0.540. The Morgan fingerprint density at radius 2 is 2.21 bits per heavy atom. The molecule has 0 atom stereocenters. The zero-order valence-electron chi connectivity index (χ0n) is 7.46. The van der Waals surface area contributed by atoms with Crippen LogP contribution in [0.5, 0.6) is 0 Å². The van der Waals surface area contributed by atoms with Gasteiger partial charge in [0.1, 0.15) is 0 Å². The van der Waals surface area contributed by atoms with E-state index in [0.29, 0.717) is 0 Å². The van der Waals surface area contributed by atoms with Crippen LogP contribution < -0.4 is 0 Å². The maximum absolute atomic E-state index is 4.64. The summed E-state index contributed by atoms with van der Waals surface area (Å²) >= 11 is 5.34. The van der Waals surface area contributed by atoms with E-state index < -0.39 is 0 Å². The number of halogens is 1. The Labute approximate surface area is 95.0 Å². The highest BCUT2D eigenvalue weighted by Crippen LogP contribution is 2.32. The van der Waals surface area contributed by atoms with Gasteiger partial charge < -0.3 is 0 Å². The number of nitrogens with zero attached hydrogens (tertiary/aromatic N) is 1. The van der Waals surface area contributed by atoms with E-state index in [1.165, 1.54) is 21.7 Å². The fraction of sp³-hybridized carbons (Fsp3) is 0.182. The molecule has 1 aliphatic rings. The lowest BCUT2D eigenvalue weighted by Gasteiger charge is -2.01. The fourth-order valence-electron chi connectivity index (χ4n) is 1.74. The molecule has 0 unspecified atom stereocenters. The molecule has 0 fully saturated rings. The minimum absolute atomic E-state index is 1.10. The molecular formula is C11H8BrNS. The van der Waals surface area contributed by atoms with Gasteiger partial charge in [-0.2, -0.15) is 0 Å². The SMILES string of the molecule is Brc1ccc2nc3c(cc2c1)CCS3. The van der Waals surface area contributed by atoms with E-state index in [1.807, 2.05) is 17.8 Å². The third-order valence-electron chi connectivity index (χ3n) is 2.43. The van der Waals surface area contributed by atoms with E-state index in [-0.39, 0.29) is 0 Å². The molecule has 0 N–H and O–H groups in total. The predicted molar refractivity (Wildman–Crippen MR) is 63.9 cm³/mol. The van der Waals surface area contributed by atoms with Gasteiger partial charge in [0.15, 0.2) is 0 Å². The maximum atomic E-state index is 4.64. The maximum Gasteiger partial charge on any atom is 0.1000 e. The largest absolute Gasteiger partial charge is 0.241 e. The van der Waals surface area contributed by atoms with Gasteiger partial charge in [0.05, 0.1) is 10.5 Å². The van der Waals surface area contributed by atoms with E-state index in [9.17, 15) is 0 Å². The van der Waals surface area contributed by atoms with E-state index in [2.05, 4.69) is 39.1 Å². The molecule has 3 heteroatoms. The predicted octanol–water partition coefficient (Wildman–Crippen LogP) is 3.65. The van der Waals surface area contributed by atoms with Crippen LogP contribution in [-0.2, 0) is 6.42 Å². The second-order valence-corrected chi connectivity index (χ2v) is 5.39. The third kappa shape index (κ3) is 1.35. The molecule has 0 aliphatic carbocycles. The monoisotopic (exact) mass is 265 g/mol. The van der Waals surface area contributed by atoms with Gasteiger partial charge in [-0.3, -0.25) is 0 Å². The van der Waals surface area contributed by atoms with Gasteiger partial charge in [0.25, 0.3) is 0 Å². The Morgan fingerprint density at radius 1 is 1.29 bits per heavy atom. The molecule has 0 amide bonds. The zero-order chi connectivity index (χ0) is 9.54. The lowest BCUT2D eigenvalue weighted by Crippen LogP contribution is -1.86. The van der Waals surface area contributed by atoms with Crippen molar-refractivity contribution in [3.63, 3.8) is 0 Å². The van der Waals surface area contributed by atoms with Crippen molar-refractivity contribution >= 4 is 38.6 Å². The number of aryl methyl sites for hydroxylation is 1. The summed E-state index contributed by atoms with van der Waals surface area (Å²) in [5, 5.41) is 2.46. The number of pyridine rings is 1. The second kappa shape index (κ2) is 3.24. The molecule has 1 aromatic heterocycles. The van der Waals surface area contributed by atoms with Crippen LogP contribution in [-0.4, -0.2) is 10.7 Å². The number of thioether (sulfide) groups is 1. The molecule has 0 bridgehead atoms. The number of fused-ring (bicyclic) bond motifs is 2. The average Bonchev–Trinajstić information content (AvgIpc) is 2.61. The van der Waals surface area contributed by atoms with Crippen LogP contribution in [0.1, 0.15) is 5.56 Å². The number of benzene rings is 1. The number of hydrogen-bond donors (Lipinski definition) is 0. The van der Waals surface area contributed by atoms with Crippen LogP contribution in [0.2, 0.25) is 0 Å². The highest BCUT2D eigenvalue weighted by atomic mass is 79.9. The van der Waals surface area contributed by atoms with Crippen molar-refractivity contribution in [2.24, 2.45) is 0 Å². The van der Waals surface area contributed by atoms with E-state index >= 15 is 0 Å². The molecule has 0 saturated carbocycles. The van der Waals surface area contributed by atoms with E-state index in [4.69, 9.17) is 0 Å². The summed E-state index contributed by atoms with van der Waals surface area (Å²) in [6.45, 7) is 0. The Morgan fingerprint density at radius 3 is 3.14 bits per heavy atom. The third-order valence-corrected chi connectivity index (χ3v) is 3.95. The van der Waals surface area contributed by atoms with Gasteiger partial charge in [0, 0.05) is 15.6 Å². The average molecular weight is 266 g/mol. The minimum Gasteiger partial charge on any atom is -0.241 e. The second-order valence-electron chi connectivity index (χ2n) is 3.39. The highest BCUT2D eigenvalue weighted by Gasteiger charge is 2.13. The van der Waals surface area contributed by atoms with Gasteiger partial charge in [-0.15, -0.1) is 11.8 Å². The quantitative estimate of drug-likeness (QED) is 0.722. The van der Waals surface area contributed by atoms with Gasteiger partial charge in [0.2, 0.25) is 0 Å². The summed E-state index contributed by atoms with van der Waals surface area (Å²) in [5.41, 5.74) is 2.50. The van der Waals surface area contributed by atoms with Gasteiger partial charge >= 0.3 is 0 Å². The summed E-state index contributed by atoms with van der Waals surface area (Å²) in [4.78, 5) is 4.64. The molecule has 1 nitrogen and oxygen atoms in total. The van der Waals surface area contributed by atoms with Crippen molar-refractivity contribution in [1.29, 1.82) is 0 Å². The van der Waals surface area contributed by atoms with Crippen LogP contribution in [0.4, 0.5) is 0 Å². The Bertz CT molecular complexity index is 510. The summed E-state index contributed by atoms with van der Waals surface area (Å²) in [7, 11) is 0. The van der Waals surface area contributed by atoms with Crippen LogP contribution in [0.25, 0.3) is 10.9 Å². The standard InChI is InChI=1S/C11H8BrNS/c12-9-1-2-10-8(6-9)5-7-3-4-14-11(7)13-10/h1-2,5-6H,3-4H2. The lowest BCUT2D eigenvalue weighted by atomic mass is 10.1. The van der Waals surface area contributed by atoms with Crippen LogP contribution in [0.15, 0.2) is 33.8 Å². The molecule has 3 rings (SSSR count). The first-order chi connectivity index (χ1) is 6.83. The molecule has 2 heterocycles. The lowest BCUT2D eigenvalue weighted by molar-refractivity contribution is 1.08. The van der Waals surface area contributed by atoms with Gasteiger partial charge in [-0.1, -0.05) is 15.9 Å². The molecule has 0 saturated heterocycles. The zero-order valence-corrected chi connectivity index (χ0v) is 9.86. The molecule has 1 aliphatic heterocycles. The van der Waals surface area contributed by atoms with Crippen LogP contribution in [0, 0.1) is 0 Å². The highest BCUT2D eigenvalue weighted by molar-refractivity contribution is 9.10. The fourth-order valence-corrected chi connectivity index (χ4v) is 3.14. The van der Waals surface area contributed by atoms with Crippen molar-refractivity contribution < 1.29 is 0 Å².